The number of amides is 1. The largest absolute Gasteiger partial charge is 0.479 e. The summed E-state index contributed by atoms with van der Waals surface area (Å²) in [5.74, 6) is 0.580. The first kappa shape index (κ1) is 20.4. The lowest BCUT2D eigenvalue weighted by Crippen LogP contribution is -2.59. The van der Waals surface area contributed by atoms with Gasteiger partial charge in [0.15, 0.2) is 6.61 Å². The molecule has 6 nitrogen and oxygen atoms in total. The van der Waals surface area contributed by atoms with Gasteiger partial charge < -0.3 is 14.8 Å². The number of carbonyl (C=O) groups excluding carboxylic acids is 1. The fourth-order valence-corrected chi connectivity index (χ4v) is 4.13. The molecule has 0 spiro atoms. The number of nitriles is 1. The van der Waals surface area contributed by atoms with E-state index in [-0.39, 0.29) is 18.1 Å². The molecule has 2 aliphatic rings. The Morgan fingerprint density at radius 2 is 1.93 bits per heavy atom. The third-order valence-corrected chi connectivity index (χ3v) is 5.67. The number of hydrogen-bond acceptors (Lipinski definition) is 5. The number of nitrogens with one attached hydrogen (secondary N) is 1. The Morgan fingerprint density at radius 3 is 2.61 bits per heavy atom. The highest BCUT2D eigenvalue weighted by Gasteiger charge is 2.38. The van der Waals surface area contributed by atoms with Gasteiger partial charge >= 0.3 is 0 Å². The maximum Gasteiger partial charge on any atom is 0.244 e. The van der Waals surface area contributed by atoms with Gasteiger partial charge in [-0.25, -0.2) is 0 Å². The molecule has 0 aromatic heterocycles. The van der Waals surface area contributed by atoms with Gasteiger partial charge in [-0.05, 0) is 36.6 Å². The van der Waals surface area contributed by atoms with Gasteiger partial charge in [-0.15, -0.1) is 0 Å². The van der Waals surface area contributed by atoms with Crippen molar-refractivity contribution in [2.24, 2.45) is 0 Å². The molecule has 0 bridgehead atoms. The molecule has 0 unspecified atom stereocenters. The second-order valence-corrected chi connectivity index (χ2v) is 7.45. The first-order valence-corrected chi connectivity index (χ1v) is 10.1. The zero-order chi connectivity index (χ0) is 19.7. The first-order chi connectivity index (χ1) is 13.7. The van der Waals surface area contributed by atoms with Gasteiger partial charge in [0.1, 0.15) is 11.8 Å². The van der Waals surface area contributed by atoms with Crippen LogP contribution in [0.4, 0.5) is 0 Å². The zero-order valence-corrected chi connectivity index (χ0v) is 16.4. The van der Waals surface area contributed by atoms with Crippen molar-refractivity contribution in [3.63, 3.8) is 0 Å². The summed E-state index contributed by atoms with van der Waals surface area (Å²) in [6.07, 6.45) is 9.40. The number of rotatable bonds is 7. The molecule has 1 saturated carbocycles. The van der Waals surface area contributed by atoms with Crippen LogP contribution in [0.25, 0.3) is 6.08 Å². The van der Waals surface area contributed by atoms with E-state index in [1.54, 1.807) is 24.3 Å². The molecule has 1 aromatic rings. The molecule has 1 saturated heterocycles. The van der Waals surface area contributed by atoms with E-state index in [4.69, 9.17) is 14.7 Å². The van der Waals surface area contributed by atoms with Gasteiger partial charge in [0.2, 0.25) is 5.91 Å². The van der Waals surface area contributed by atoms with Crippen LogP contribution < -0.4 is 10.1 Å². The number of ether oxygens (including phenoxy) is 2. The summed E-state index contributed by atoms with van der Waals surface area (Å²) in [5, 5.41) is 11.7. The van der Waals surface area contributed by atoms with Gasteiger partial charge in [0.05, 0.1) is 13.2 Å². The smallest absolute Gasteiger partial charge is 0.244 e. The van der Waals surface area contributed by atoms with Crippen molar-refractivity contribution in [1.29, 1.82) is 5.26 Å². The van der Waals surface area contributed by atoms with Crippen LogP contribution in [0.3, 0.4) is 0 Å². The molecule has 1 aliphatic carbocycles. The highest BCUT2D eigenvalue weighted by Crippen LogP contribution is 2.33. The highest BCUT2D eigenvalue weighted by atomic mass is 16.5. The minimum absolute atomic E-state index is 0.0302. The average Bonchev–Trinajstić information content (AvgIpc) is 2.77. The van der Waals surface area contributed by atoms with E-state index < -0.39 is 0 Å². The molecule has 1 amide bonds. The quantitative estimate of drug-likeness (QED) is 0.733. The van der Waals surface area contributed by atoms with E-state index in [1.807, 2.05) is 18.2 Å². The Balaban J connectivity index is 1.54. The summed E-state index contributed by atoms with van der Waals surface area (Å²) < 4.78 is 10.7. The minimum Gasteiger partial charge on any atom is -0.479 e. The van der Waals surface area contributed by atoms with E-state index in [2.05, 4.69) is 10.2 Å². The Labute approximate surface area is 167 Å². The second kappa shape index (κ2) is 10.3. The Bertz CT molecular complexity index is 697. The normalized spacial score (nSPS) is 19.8. The molecule has 6 heteroatoms. The van der Waals surface area contributed by atoms with E-state index >= 15 is 0 Å². The van der Waals surface area contributed by atoms with Gasteiger partial charge in [0.25, 0.3) is 0 Å². The fraction of sp³-hybridized carbons (Fsp3) is 0.545. The second-order valence-electron chi connectivity index (χ2n) is 7.45. The zero-order valence-electron chi connectivity index (χ0n) is 16.4. The first-order valence-electron chi connectivity index (χ1n) is 10.1. The highest BCUT2D eigenvalue weighted by molar-refractivity contribution is 5.91. The summed E-state index contributed by atoms with van der Waals surface area (Å²) >= 11 is 0. The van der Waals surface area contributed by atoms with E-state index in [0.29, 0.717) is 12.3 Å². The van der Waals surface area contributed by atoms with Crippen LogP contribution in [0.2, 0.25) is 0 Å². The van der Waals surface area contributed by atoms with Crippen LogP contribution in [0.1, 0.15) is 37.7 Å². The van der Waals surface area contributed by atoms with E-state index in [0.717, 1.165) is 44.7 Å². The summed E-state index contributed by atoms with van der Waals surface area (Å²) in [6.45, 7) is 4.19. The number of carbonyl (C=O) groups is 1. The standard InChI is InChI=1S/C22H29N3O3/c23-12-15-28-20-7-4-19(5-8-20)6-9-21(26)24-18-22(10-2-1-3-11-22)25-13-16-27-17-14-25/h4-9H,1-3,10-11,13-18H2,(H,24,26)/b9-6+. The number of nitrogens with zero attached hydrogens (tertiary/aromatic N) is 2. The molecule has 3 rings (SSSR count). The van der Waals surface area contributed by atoms with Crippen molar-refractivity contribution in [2.45, 2.75) is 37.6 Å². The van der Waals surface area contributed by atoms with Crippen molar-refractivity contribution >= 4 is 12.0 Å². The molecule has 28 heavy (non-hydrogen) atoms. The molecule has 1 aromatic carbocycles. The molecule has 150 valence electrons. The summed E-state index contributed by atoms with van der Waals surface area (Å²) in [4.78, 5) is 14.9. The predicted molar refractivity (Wildman–Crippen MR) is 108 cm³/mol. The average molecular weight is 383 g/mol. The topological polar surface area (TPSA) is 74.6 Å². The summed E-state index contributed by atoms with van der Waals surface area (Å²) in [6, 6.07) is 9.27. The third-order valence-electron chi connectivity index (χ3n) is 5.67. The fourth-order valence-electron chi connectivity index (χ4n) is 4.13. The van der Waals surface area contributed by atoms with Crippen LogP contribution in [-0.4, -0.2) is 55.8 Å². The van der Waals surface area contributed by atoms with Crippen molar-refractivity contribution < 1.29 is 14.3 Å². The Kier molecular flexibility index (Phi) is 7.46. The molecule has 1 N–H and O–H groups in total. The number of benzene rings is 1. The van der Waals surface area contributed by atoms with Gasteiger partial charge in [-0.1, -0.05) is 31.4 Å². The molecule has 0 radical (unpaired) electrons. The Hall–Kier alpha value is -2.36. The monoisotopic (exact) mass is 383 g/mol. The lowest BCUT2D eigenvalue weighted by molar-refractivity contribution is -0.117. The number of hydrogen-bond donors (Lipinski definition) is 1. The summed E-state index contributed by atoms with van der Waals surface area (Å²) in [7, 11) is 0. The van der Waals surface area contributed by atoms with E-state index in [1.165, 1.54) is 19.3 Å². The van der Waals surface area contributed by atoms with Gasteiger partial charge in [0, 0.05) is 31.2 Å². The molecular weight excluding hydrogens is 354 g/mol. The van der Waals surface area contributed by atoms with Crippen molar-refractivity contribution in [3.8, 4) is 11.8 Å². The molecule has 2 fully saturated rings. The van der Waals surface area contributed by atoms with Crippen LogP contribution in [0, 0.1) is 11.3 Å². The lowest BCUT2D eigenvalue weighted by atomic mass is 9.79. The van der Waals surface area contributed by atoms with Crippen LogP contribution >= 0.6 is 0 Å². The van der Waals surface area contributed by atoms with Crippen LogP contribution in [-0.2, 0) is 9.53 Å². The van der Waals surface area contributed by atoms with Crippen LogP contribution in [0.5, 0.6) is 5.75 Å². The molecule has 1 aliphatic heterocycles. The van der Waals surface area contributed by atoms with Gasteiger partial charge in [-0.3, -0.25) is 9.69 Å². The maximum atomic E-state index is 12.4. The summed E-state index contributed by atoms with van der Waals surface area (Å²) in [5.41, 5.74) is 0.991. The Morgan fingerprint density at radius 1 is 1.21 bits per heavy atom. The molecule has 0 atom stereocenters. The molecular formula is C22H29N3O3. The number of morpholine rings is 1. The lowest BCUT2D eigenvalue weighted by Gasteiger charge is -2.48. The van der Waals surface area contributed by atoms with Crippen molar-refractivity contribution in [2.75, 3.05) is 39.5 Å². The van der Waals surface area contributed by atoms with E-state index in [9.17, 15) is 4.79 Å². The van der Waals surface area contributed by atoms with Crippen LogP contribution in [0.15, 0.2) is 30.3 Å². The third kappa shape index (κ3) is 5.57. The SMILES string of the molecule is N#CCOc1ccc(/C=C/C(=O)NCC2(N3CCOCC3)CCCCC2)cc1. The molecule has 1 heterocycles. The minimum atomic E-state index is -0.0667. The van der Waals surface area contributed by atoms with Gasteiger partial charge in [-0.2, -0.15) is 5.26 Å². The predicted octanol–water partition coefficient (Wildman–Crippen LogP) is 2.75. The maximum absolute atomic E-state index is 12.4. The van der Waals surface area contributed by atoms with Crippen molar-refractivity contribution in [3.05, 3.63) is 35.9 Å². The van der Waals surface area contributed by atoms with Crippen molar-refractivity contribution in [1.82, 2.24) is 10.2 Å².